The molecule has 1 aliphatic rings. The van der Waals surface area contributed by atoms with Crippen LogP contribution in [0.1, 0.15) is 52.3 Å². The smallest absolute Gasteiger partial charge is 0.254 e. The van der Waals surface area contributed by atoms with E-state index in [2.05, 4.69) is 26.6 Å². The molecule has 1 fully saturated rings. The summed E-state index contributed by atoms with van der Waals surface area (Å²) in [6.07, 6.45) is 2.60. The summed E-state index contributed by atoms with van der Waals surface area (Å²) in [5.74, 6) is -0.194. The Labute approximate surface area is 201 Å². The summed E-state index contributed by atoms with van der Waals surface area (Å²) >= 11 is 4.67. The summed E-state index contributed by atoms with van der Waals surface area (Å²) in [7, 11) is 1.74. The number of carbonyl (C=O) groups is 3. The molecule has 9 heteroatoms. The predicted octanol–water partition coefficient (Wildman–Crippen LogP) is 3.85. The van der Waals surface area contributed by atoms with E-state index in [1.165, 1.54) is 11.3 Å². The van der Waals surface area contributed by atoms with Crippen LogP contribution in [0.5, 0.6) is 0 Å². The molecule has 0 saturated carbocycles. The van der Waals surface area contributed by atoms with E-state index in [1.807, 2.05) is 13.0 Å². The lowest BCUT2D eigenvalue weighted by Gasteiger charge is -2.25. The quantitative estimate of drug-likeness (QED) is 0.499. The SMILES string of the molecule is CNC(C)(C)C(=O)Nc1ccc(C(=O)N2CCC[C@H]2CO)c(C)c1.O=Cc1ccc(Br)s1. The van der Waals surface area contributed by atoms with Crippen LogP contribution in [0.15, 0.2) is 34.1 Å². The standard InChI is InChI=1S/C18H27N3O3.C5H3BrOS/c1-12-10-13(20-17(24)18(2,3)19-4)7-8-15(12)16(23)21-9-5-6-14(21)11-22;6-5-2-1-4(3-7)8-5/h7-8,10,14,19,22H,5-6,9,11H2,1-4H3,(H,20,24);1-3H/t14-;/m0./s1. The van der Waals surface area contributed by atoms with Crippen LogP contribution in [0.2, 0.25) is 0 Å². The van der Waals surface area contributed by atoms with Crippen LogP contribution in [-0.4, -0.2) is 59.9 Å². The predicted molar refractivity (Wildman–Crippen MR) is 131 cm³/mol. The molecule has 1 atom stereocenters. The third-order valence-corrected chi connectivity index (χ3v) is 7.02. The number of nitrogens with one attached hydrogen (secondary N) is 2. The molecule has 3 N–H and O–H groups in total. The zero-order valence-electron chi connectivity index (χ0n) is 18.8. The van der Waals surface area contributed by atoms with Gasteiger partial charge in [0.05, 0.1) is 26.9 Å². The van der Waals surface area contributed by atoms with Crippen LogP contribution in [-0.2, 0) is 4.79 Å². The zero-order chi connectivity index (χ0) is 23.9. The van der Waals surface area contributed by atoms with Crippen molar-refractivity contribution in [1.82, 2.24) is 10.2 Å². The van der Waals surface area contributed by atoms with Crippen molar-refractivity contribution in [3.8, 4) is 0 Å². The number of halogens is 1. The maximum Gasteiger partial charge on any atom is 0.254 e. The highest BCUT2D eigenvalue weighted by atomic mass is 79.9. The minimum Gasteiger partial charge on any atom is -0.394 e. The minimum atomic E-state index is -0.674. The number of rotatable bonds is 6. The number of likely N-dealkylation sites (N-methyl/N-ethyl adjacent to an activating group) is 1. The van der Waals surface area contributed by atoms with Crippen LogP contribution in [0, 0.1) is 6.92 Å². The Kier molecular flexibility index (Phi) is 9.57. The number of thiophene rings is 1. The minimum absolute atomic E-state index is 0.00196. The molecule has 0 bridgehead atoms. The van der Waals surface area contributed by atoms with Gasteiger partial charge in [-0.25, -0.2) is 0 Å². The highest BCUT2D eigenvalue weighted by Crippen LogP contribution is 2.23. The Hall–Kier alpha value is -2.07. The molecule has 1 aromatic carbocycles. The first-order valence-electron chi connectivity index (χ1n) is 10.4. The number of nitrogens with zero attached hydrogens (tertiary/aromatic N) is 1. The average molecular weight is 524 g/mol. The fraction of sp³-hybridized carbons (Fsp3) is 0.435. The fourth-order valence-corrected chi connectivity index (χ4v) is 4.46. The Morgan fingerprint density at radius 1 is 1.31 bits per heavy atom. The molecule has 174 valence electrons. The normalized spacial score (nSPS) is 15.7. The molecule has 2 heterocycles. The number of aliphatic hydroxyl groups is 1. The van der Waals surface area contributed by atoms with Gasteiger partial charge in [-0.2, -0.15) is 0 Å². The van der Waals surface area contributed by atoms with Gasteiger partial charge < -0.3 is 20.6 Å². The second-order valence-electron chi connectivity index (χ2n) is 8.10. The lowest BCUT2D eigenvalue weighted by Crippen LogP contribution is -2.47. The summed E-state index contributed by atoms with van der Waals surface area (Å²) in [5, 5.41) is 15.2. The molecule has 32 heavy (non-hydrogen) atoms. The van der Waals surface area contributed by atoms with Gasteiger partial charge in [0, 0.05) is 17.8 Å². The molecule has 0 unspecified atom stereocenters. The maximum absolute atomic E-state index is 12.7. The first-order valence-corrected chi connectivity index (χ1v) is 12.0. The van der Waals surface area contributed by atoms with E-state index in [0.29, 0.717) is 17.8 Å². The van der Waals surface area contributed by atoms with E-state index >= 15 is 0 Å². The fourth-order valence-electron chi connectivity index (χ4n) is 3.22. The van der Waals surface area contributed by atoms with E-state index in [-0.39, 0.29) is 24.5 Å². The summed E-state index contributed by atoms with van der Waals surface area (Å²) < 4.78 is 1.000. The Morgan fingerprint density at radius 3 is 2.53 bits per heavy atom. The number of hydrogen-bond donors (Lipinski definition) is 3. The maximum atomic E-state index is 12.7. The second-order valence-corrected chi connectivity index (χ2v) is 10.6. The van der Waals surface area contributed by atoms with Crippen molar-refractivity contribution in [2.45, 2.75) is 45.2 Å². The first kappa shape index (κ1) is 26.2. The summed E-state index contributed by atoms with van der Waals surface area (Å²) in [4.78, 5) is 37.4. The average Bonchev–Trinajstić information content (AvgIpc) is 3.42. The zero-order valence-corrected chi connectivity index (χ0v) is 21.2. The number of aryl methyl sites for hydroxylation is 1. The van der Waals surface area contributed by atoms with Crippen LogP contribution in [0.25, 0.3) is 0 Å². The number of likely N-dealkylation sites (tertiary alicyclic amines) is 1. The number of amides is 2. The van der Waals surface area contributed by atoms with Crippen LogP contribution >= 0.6 is 27.3 Å². The Balaban J connectivity index is 0.000000380. The van der Waals surface area contributed by atoms with Gasteiger partial charge >= 0.3 is 0 Å². The van der Waals surface area contributed by atoms with Crippen molar-refractivity contribution in [2.24, 2.45) is 0 Å². The van der Waals surface area contributed by atoms with Crippen LogP contribution in [0.3, 0.4) is 0 Å². The second kappa shape index (κ2) is 11.7. The van der Waals surface area contributed by atoms with Gasteiger partial charge in [0.1, 0.15) is 0 Å². The summed E-state index contributed by atoms with van der Waals surface area (Å²) in [6.45, 7) is 6.14. The molecule has 0 spiro atoms. The van der Waals surface area contributed by atoms with Crippen molar-refractivity contribution in [3.63, 3.8) is 0 Å². The molecule has 0 aliphatic carbocycles. The van der Waals surface area contributed by atoms with Crippen molar-refractivity contribution in [2.75, 3.05) is 25.5 Å². The number of benzene rings is 1. The van der Waals surface area contributed by atoms with Crippen LogP contribution < -0.4 is 10.6 Å². The molecule has 2 amide bonds. The topological polar surface area (TPSA) is 98.7 Å². The molecule has 7 nitrogen and oxygen atoms in total. The monoisotopic (exact) mass is 523 g/mol. The van der Waals surface area contributed by atoms with Gasteiger partial charge in [-0.3, -0.25) is 14.4 Å². The molecule has 0 radical (unpaired) electrons. The van der Waals surface area contributed by atoms with Gasteiger partial charge in [-0.1, -0.05) is 0 Å². The summed E-state index contributed by atoms with van der Waals surface area (Å²) in [6, 6.07) is 8.84. The summed E-state index contributed by atoms with van der Waals surface area (Å²) in [5.41, 5.74) is 1.41. The third-order valence-electron chi connectivity index (χ3n) is 5.47. The molecule has 1 aromatic heterocycles. The number of aldehydes is 1. The van der Waals surface area contributed by atoms with Gasteiger partial charge in [0.2, 0.25) is 5.91 Å². The van der Waals surface area contributed by atoms with Crippen LogP contribution in [0.4, 0.5) is 5.69 Å². The third kappa shape index (κ3) is 6.71. The number of aliphatic hydroxyl groups excluding tert-OH is 1. The Bertz CT molecular complexity index is 960. The van der Waals surface area contributed by atoms with Gasteiger partial charge in [0.25, 0.3) is 5.91 Å². The number of hydrogen-bond acceptors (Lipinski definition) is 6. The Morgan fingerprint density at radius 2 is 2.03 bits per heavy atom. The highest BCUT2D eigenvalue weighted by Gasteiger charge is 2.30. The van der Waals surface area contributed by atoms with E-state index in [0.717, 1.165) is 33.4 Å². The highest BCUT2D eigenvalue weighted by molar-refractivity contribution is 9.11. The molecular formula is C23H30BrN3O4S. The lowest BCUT2D eigenvalue weighted by molar-refractivity contribution is -0.121. The van der Waals surface area contributed by atoms with Gasteiger partial charge in [-0.15, -0.1) is 11.3 Å². The van der Waals surface area contributed by atoms with Gasteiger partial charge in [-0.05, 0) is 92.5 Å². The molecular weight excluding hydrogens is 494 g/mol. The van der Waals surface area contributed by atoms with E-state index in [1.54, 1.807) is 50.1 Å². The van der Waals surface area contributed by atoms with E-state index in [4.69, 9.17) is 0 Å². The van der Waals surface area contributed by atoms with Crippen molar-refractivity contribution in [3.05, 3.63) is 50.1 Å². The van der Waals surface area contributed by atoms with Crippen molar-refractivity contribution < 1.29 is 19.5 Å². The molecule has 3 rings (SSSR count). The molecule has 2 aromatic rings. The number of anilines is 1. The number of carbonyl (C=O) groups excluding carboxylic acids is 3. The largest absolute Gasteiger partial charge is 0.394 e. The van der Waals surface area contributed by atoms with Gasteiger partial charge in [0.15, 0.2) is 6.29 Å². The van der Waals surface area contributed by atoms with Crippen molar-refractivity contribution >= 4 is 51.1 Å². The lowest BCUT2D eigenvalue weighted by atomic mass is 10.0. The van der Waals surface area contributed by atoms with E-state index in [9.17, 15) is 19.5 Å². The van der Waals surface area contributed by atoms with Crippen molar-refractivity contribution in [1.29, 1.82) is 0 Å². The molecule has 1 aliphatic heterocycles. The molecule has 1 saturated heterocycles. The van der Waals surface area contributed by atoms with E-state index < -0.39 is 5.54 Å². The first-order chi connectivity index (χ1) is 15.1.